The van der Waals surface area contributed by atoms with Gasteiger partial charge in [0.1, 0.15) is 5.15 Å². The predicted octanol–water partition coefficient (Wildman–Crippen LogP) is 5.42. The molecule has 0 fully saturated rings. The molecule has 0 saturated heterocycles. The van der Waals surface area contributed by atoms with Gasteiger partial charge in [-0.15, -0.1) is 12.8 Å². The second kappa shape index (κ2) is 14.1. The molecule has 6 nitrogen and oxygen atoms in total. The number of aromatic nitrogens is 3. The van der Waals surface area contributed by atoms with Crippen molar-refractivity contribution in [2.45, 2.75) is 27.3 Å². The van der Waals surface area contributed by atoms with Gasteiger partial charge in [0, 0.05) is 35.6 Å². The van der Waals surface area contributed by atoms with Crippen LogP contribution in [0, 0.1) is 18.8 Å². The second-order valence-corrected chi connectivity index (χ2v) is 7.81. The average Bonchev–Trinajstić information content (AvgIpc) is 3.28. The minimum atomic E-state index is -0.179. The van der Waals surface area contributed by atoms with Crippen molar-refractivity contribution in [3.05, 3.63) is 64.5 Å². The van der Waals surface area contributed by atoms with Crippen molar-refractivity contribution in [3.8, 4) is 24.1 Å². The zero-order valence-electron chi connectivity index (χ0n) is 17.8. The van der Waals surface area contributed by atoms with Gasteiger partial charge >= 0.3 is 0 Å². The average molecular weight is 460 g/mol. The standard InChI is InChI=1S/C17H15Cl2N5O.C4H10.C2H2/c18-13-3-1-11(2-4-13)8-21-16(25)10-22-17-23-14(7-15(19)24-17)12-5-6-20-9-12;1-4(2)3;1-2/h1-7,9,20H,8,10H2,(H,21,25)(H,22,23,24);4H,1-3H3;1-2H. The molecule has 0 saturated carbocycles. The molecule has 0 spiro atoms. The number of terminal acetylenes is 1. The fourth-order valence-corrected chi connectivity index (χ4v) is 2.46. The van der Waals surface area contributed by atoms with Gasteiger partial charge in [-0.1, -0.05) is 56.1 Å². The van der Waals surface area contributed by atoms with Crippen molar-refractivity contribution >= 4 is 35.1 Å². The van der Waals surface area contributed by atoms with E-state index in [1.165, 1.54) is 0 Å². The molecular weight excluding hydrogens is 433 g/mol. The highest BCUT2D eigenvalue weighted by Gasteiger charge is 2.08. The summed E-state index contributed by atoms with van der Waals surface area (Å²) in [5.41, 5.74) is 2.52. The number of anilines is 1. The van der Waals surface area contributed by atoms with Gasteiger partial charge in [0.05, 0.1) is 12.2 Å². The number of hydrogen-bond acceptors (Lipinski definition) is 4. The van der Waals surface area contributed by atoms with E-state index in [2.05, 4.69) is 59.2 Å². The number of hydrogen-bond donors (Lipinski definition) is 3. The Morgan fingerprint density at radius 1 is 1.10 bits per heavy atom. The van der Waals surface area contributed by atoms with Crippen LogP contribution in [0.3, 0.4) is 0 Å². The third-order valence-electron chi connectivity index (χ3n) is 3.40. The van der Waals surface area contributed by atoms with E-state index in [1.807, 2.05) is 18.2 Å². The Morgan fingerprint density at radius 3 is 2.32 bits per heavy atom. The van der Waals surface area contributed by atoms with Crippen molar-refractivity contribution < 1.29 is 4.79 Å². The Bertz CT molecular complexity index is 936. The molecule has 0 atom stereocenters. The van der Waals surface area contributed by atoms with E-state index in [0.717, 1.165) is 17.0 Å². The molecule has 0 unspecified atom stereocenters. The van der Waals surface area contributed by atoms with E-state index < -0.39 is 0 Å². The summed E-state index contributed by atoms with van der Waals surface area (Å²) in [7, 11) is 0. The third kappa shape index (κ3) is 10.5. The van der Waals surface area contributed by atoms with Crippen LogP contribution >= 0.6 is 23.2 Å². The Kier molecular flexibility index (Phi) is 11.8. The number of carbonyl (C=O) groups excluding carboxylic acids is 1. The highest BCUT2D eigenvalue weighted by molar-refractivity contribution is 6.30. The third-order valence-corrected chi connectivity index (χ3v) is 3.84. The summed E-state index contributed by atoms with van der Waals surface area (Å²) < 4.78 is 0. The molecule has 0 aliphatic carbocycles. The molecule has 3 N–H and O–H groups in total. The molecule has 2 aromatic heterocycles. The normalized spacial score (nSPS) is 9.68. The maximum Gasteiger partial charge on any atom is 0.239 e. The molecule has 0 aliphatic rings. The maximum absolute atomic E-state index is 12.0. The van der Waals surface area contributed by atoms with Crippen LogP contribution in [0.2, 0.25) is 10.2 Å². The van der Waals surface area contributed by atoms with Gasteiger partial charge in [-0.25, -0.2) is 9.97 Å². The van der Waals surface area contributed by atoms with Gasteiger partial charge in [0.2, 0.25) is 11.9 Å². The largest absolute Gasteiger partial charge is 0.367 e. The Morgan fingerprint density at radius 2 is 1.74 bits per heavy atom. The molecule has 1 aromatic carbocycles. The lowest BCUT2D eigenvalue weighted by Gasteiger charge is -2.08. The predicted molar refractivity (Wildman–Crippen MR) is 129 cm³/mol. The topological polar surface area (TPSA) is 82.7 Å². The minimum absolute atomic E-state index is 0.0422. The summed E-state index contributed by atoms with van der Waals surface area (Å²) in [5, 5.41) is 6.65. The van der Waals surface area contributed by atoms with Crippen molar-refractivity contribution in [3.63, 3.8) is 0 Å². The van der Waals surface area contributed by atoms with Gasteiger partial charge in [-0.05, 0) is 29.7 Å². The van der Waals surface area contributed by atoms with Crippen molar-refractivity contribution in [2.75, 3.05) is 11.9 Å². The highest BCUT2D eigenvalue weighted by atomic mass is 35.5. The van der Waals surface area contributed by atoms with E-state index in [9.17, 15) is 4.79 Å². The van der Waals surface area contributed by atoms with E-state index in [4.69, 9.17) is 23.2 Å². The smallest absolute Gasteiger partial charge is 0.239 e. The zero-order chi connectivity index (χ0) is 23.2. The SMILES string of the molecule is C#C.CC(C)C.O=C(CNc1nc(Cl)cc(-c2cc[nH]c2)n1)NCc1ccc(Cl)cc1. The summed E-state index contributed by atoms with van der Waals surface area (Å²) in [5.74, 6) is 0.951. The van der Waals surface area contributed by atoms with Crippen LogP contribution in [-0.2, 0) is 11.3 Å². The molecule has 31 heavy (non-hydrogen) atoms. The Hall–Kier alpha value is -3.01. The van der Waals surface area contributed by atoms with Gasteiger partial charge in [0.25, 0.3) is 0 Å². The molecule has 0 bridgehead atoms. The zero-order valence-corrected chi connectivity index (χ0v) is 19.3. The number of aromatic amines is 1. The fourth-order valence-electron chi connectivity index (χ4n) is 2.15. The van der Waals surface area contributed by atoms with Crippen LogP contribution in [0.5, 0.6) is 0 Å². The molecule has 3 aromatic rings. The Labute approximate surface area is 193 Å². The number of rotatable bonds is 6. The van der Waals surface area contributed by atoms with Crippen LogP contribution in [0.4, 0.5) is 5.95 Å². The molecule has 8 heteroatoms. The van der Waals surface area contributed by atoms with Crippen LogP contribution in [-0.4, -0.2) is 27.4 Å². The Balaban J connectivity index is 0.000000720. The van der Waals surface area contributed by atoms with Crippen LogP contribution < -0.4 is 10.6 Å². The summed E-state index contributed by atoms with van der Waals surface area (Å²) >= 11 is 11.9. The number of halogens is 2. The number of carbonyl (C=O) groups is 1. The van der Waals surface area contributed by atoms with Crippen molar-refractivity contribution in [1.82, 2.24) is 20.3 Å². The first-order valence-electron chi connectivity index (χ1n) is 9.59. The molecule has 3 rings (SSSR count). The summed E-state index contributed by atoms with van der Waals surface area (Å²) in [6, 6.07) is 10.8. The molecule has 0 aliphatic heterocycles. The second-order valence-electron chi connectivity index (χ2n) is 6.99. The summed E-state index contributed by atoms with van der Waals surface area (Å²) in [4.78, 5) is 23.4. The number of benzene rings is 1. The first-order chi connectivity index (χ1) is 14.8. The number of nitrogens with zero attached hydrogens (tertiary/aromatic N) is 2. The lowest BCUT2D eigenvalue weighted by atomic mass is 10.2. The van der Waals surface area contributed by atoms with Crippen molar-refractivity contribution in [2.24, 2.45) is 5.92 Å². The van der Waals surface area contributed by atoms with E-state index in [1.54, 1.807) is 30.6 Å². The minimum Gasteiger partial charge on any atom is -0.367 e. The van der Waals surface area contributed by atoms with Crippen LogP contribution in [0.1, 0.15) is 26.3 Å². The highest BCUT2D eigenvalue weighted by Crippen LogP contribution is 2.20. The van der Waals surface area contributed by atoms with E-state index in [0.29, 0.717) is 28.4 Å². The van der Waals surface area contributed by atoms with E-state index in [-0.39, 0.29) is 12.5 Å². The maximum atomic E-state index is 12.0. The summed E-state index contributed by atoms with van der Waals surface area (Å²) in [6.45, 7) is 6.96. The quantitative estimate of drug-likeness (QED) is 0.339. The van der Waals surface area contributed by atoms with Gasteiger partial charge < -0.3 is 15.6 Å². The van der Waals surface area contributed by atoms with E-state index >= 15 is 0 Å². The number of H-pyrrole nitrogens is 1. The van der Waals surface area contributed by atoms with Gasteiger partial charge in [-0.3, -0.25) is 4.79 Å². The lowest BCUT2D eigenvalue weighted by Crippen LogP contribution is -2.29. The van der Waals surface area contributed by atoms with Crippen LogP contribution in [0.15, 0.2) is 48.8 Å². The number of amides is 1. The monoisotopic (exact) mass is 459 g/mol. The first kappa shape index (κ1) is 26.0. The molecular formula is C23H27Cl2N5O. The molecule has 0 radical (unpaired) electrons. The van der Waals surface area contributed by atoms with Crippen LogP contribution in [0.25, 0.3) is 11.3 Å². The lowest BCUT2D eigenvalue weighted by molar-refractivity contribution is -0.119. The van der Waals surface area contributed by atoms with Gasteiger partial charge in [-0.2, -0.15) is 0 Å². The first-order valence-corrected chi connectivity index (χ1v) is 10.3. The van der Waals surface area contributed by atoms with Gasteiger partial charge in [0.15, 0.2) is 0 Å². The molecule has 1 amide bonds. The molecule has 2 heterocycles. The fraction of sp³-hybridized carbons (Fsp3) is 0.261. The number of nitrogens with one attached hydrogen (secondary N) is 3. The molecule has 164 valence electrons. The van der Waals surface area contributed by atoms with Crippen molar-refractivity contribution in [1.29, 1.82) is 0 Å². The summed E-state index contributed by atoms with van der Waals surface area (Å²) in [6.07, 6.45) is 11.6.